The van der Waals surface area contributed by atoms with Crippen LogP contribution >= 0.6 is 0 Å². The Morgan fingerprint density at radius 3 is 2.44 bits per heavy atom. The van der Waals surface area contributed by atoms with E-state index in [1.165, 1.54) is 12.1 Å². The van der Waals surface area contributed by atoms with Gasteiger partial charge in [-0.3, -0.25) is 9.59 Å². The minimum absolute atomic E-state index is 0.186. The molecule has 0 aliphatic carbocycles. The quantitative estimate of drug-likeness (QED) is 0.914. The number of nitrogens with zero attached hydrogens (tertiary/aromatic N) is 1. The van der Waals surface area contributed by atoms with Gasteiger partial charge in [0.25, 0.3) is 5.91 Å². The largest absolute Gasteiger partial charge is 0.322 e. The van der Waals surface area contributed by atoms with Gasteiger partial charge in [-0.2, -0.15) is 0 Å². The second-order valence-electron chi connectivity index (χ2n) is 6.15. The van der Waals surface area contributed by atoms with Crippen LogP contribution in [0.25, 0.3) is 0 Å². The number of anilines is 2. The molecule has 1 heterocycles. The highest BCUT2D eigenvalue weighted by Crippen LogP contribution is 2.28. The second-order valence-corrected chi connectivity index (χ2v) is 8.02. The van der Waals surface area contributed by atoms with Crippen LogP contribution in [0.5, 0.6) is 0 Å². The summed E-state index contributed by atoms with van der Waals surface area (Å²) in [5.41, 5.74) is 2.18. The Morgan fingerprint density at radius 2 is 1.84 bits per heavy atom. The van der Waals surface area contributed by atoms with Crippen LogP contribution in [-0.2, 0) is 14.8 Å². The molecule has 2 aromatic rings. The van der Waals surface area contributed by atoms with Gasteiger partial charge in [-0.05, 0) is 37.3 Å². The first-order valence-electron chi connectivity index (χ1n) is 7.83. The third-order valence-corrected chi connectivity index (χ3v) is 5.88. The molecule has 1 aliphatic rings. The molecular weight excluding hydrogens is 340 g/mol. The molecule has 1 fully saturated rings. The first-order valence-corrected chi connectivity index (χ1v) is 9.44. The predicted molar refractivity (Wildman–Crippen MR) is 96.0 cm³/mol. The normalized spacial score (nSPS) is 19.0. The molecule has 0 aromatic heterocycles. The highest BCUT2D eigenvalue weighted by atomic mass is 32.2. The lowest BCUT2D eigenvalue weighted by molar-refractivity contribution is -0.119. The van der Waals surface area contributed by atoms with Gasteiger partial charge in [0.1, 0.15) is 0 Å². The lowest BCUT2D eigenvalue weighted by Crippen LogP contribution is -2.30. The molecule has 130 valence electrons. The number of carbonyl (C=O) groups excluding carboxylic acids is 2. The van der Waals surface area contributed by atoms with Crippen LogP contribution in [0.1, 0.15) is 22.8 Å². The number of rotatable bonds is 3. The summed E-state index contributed by atoms with van der Waals surface area (Å²) in [5.74, 6) is -1.65. The van der Waals surface area contributed by atoms with Crippen molar-refractivity contribution in [3.05, 3.63) is 59.7 Å². The first-order chi connectivity index (χ1) is 11.8. The number of benzene rings is 2. The van der Waals surface area contributed by atoms with Crippen molar-refractivity contribution in [3.8, 4) is 0 Å². The Kier molecular flexibility index (Phi) is 4.34. The molecule has 3 rings (SSSR count). The Hall–Kier alpha value is -2.67. The van der Waals surface area contributed by atoms with E-state index in [2.05, 4.69) is 5.32 Å². The summed E-state index contributed by atoms with van der Waals surface area (Å²) in [6.45, 7) is 3.53. The van der Waals surface area contributed by atoms with Gasteiger partial charge in [-0.25, -0.2) is 12.7 Å². The maximum Gasteiger partial charge on any atom is 0.255 e. The van der Waals surface area contributed by atoms with Crippen LogP contribution in [0.2, 0.25) is 0 Å². The van der Waals surface area contributed by atoms with Crippen molar-refractivity contribution < 1.29 is 18.0 Å². The summed E-state index contributed by atoms with van der Waals surface area (Å²) in [4.78, 5) is 24.6. The van der Waals surface area contributed by atoms with Gasteiger partial charge in [0.15, 0.2) is 0 Å². The zero-order valence-corrected chi connectivity index (χ0v) is 14.7. The van der Waals surface area contributed by atoms with Crippen molar-refractivity contribution in [2.75, 3.05) is 15.4 Å². The molecule has 0 spiro atoms. The summed E-state index contributed by atoms with van der Waals surface area (Å²) in [6.07, 6.45) is 0. The van der Waals surface area contributed by atoms with E-state index in [9.17, 15) is 18.0 Å². The van der Waals surface area contributed by atoms with E-state index in [0.29, 0.717) is 5.69 Å². The molecular formula is C18H18N2O4S. The molecule has 1 saturated heterocycles. The number of sulfonamides is 1. The highest BCUT2D eigenvalue weighted by Gasteiger charge is 2.42. The minimum Gasteiger partial charge on any atom is -0.322 e. The van der Waals surface area contributed by atoms with Gasteiger partial charge in [-0.1, -0.05) is 30.7 Å². The van der Waals surface area contributed by atoms with E-state index in [1.807, 2.05) is 19.1 Å². The van der Waals surface area contributed by atoms with Crippen molar-refractivity contribution >= 4 is 33.2 Å². The Balaban J connectivity index is 1.88. The third-order valence-electron chi connectivity index (χ3n) is 4.01. The Labute approximate surface area is 146 Å². The number of aryl methyl sites for hydroxylation is 1. The average molecular weight is 358 g/mol. The SMILES string of the molecule is Cc1ccc(NC(=O)c2cccc(N3C(=O)[C@@H](C)CS3(=O)=O)c2)cc1. The minimum atomic E-state index is -3.69. The van der Waals surface area contributed by atoms with Crippen molar-refractivity contribution in [2.45, 2.75) is 13.8 Å². The van der Waals surface area contributed by atoms with E-state index < -0.39 is 21.8 Å². The molecule has 1 N–H and O–H groups in total. The van der Waals surface area contributed by atoms with E-state index in [-0.39, 0.29) is 22.9 Å². The fraction of sp³-hybridized carbons (Fsp3) is 0.222. The Bertz CT molecular complexity index is 936. The zero-order valence-electron chi connectivity index (χ0n) is 13.9. The molecule has 0 radical (unpaired) electrons. The number of hydrogen-bond donors (Lipinski definition) is 1. The molecule has 0 saturated carbocycles. The molecule has 2 amide bonds. The molecule has 1 aliphatic heterocycles. The van der Waals surface area contributed by atoms with Gasteiger partial charge in [0.05, 0.1) is 17.4 Å². The topological polar surface area (TPSA) is 83.6 Å². The molecule has 0 bridgehead atoms. The average Bonchev–Trinajstić information content (AvgIpc) is 2.77. The van der Waals surface area contributed by atoms with Gasteiger partial charge in [0.2, 0.25) is 15.9 Å². The van der Waals surface area contributed by atoms with Crippen molar-refractivity contribution in [3.63, 3.8) is 0 Å². The molecule has 2 aromatic carbocycles. The summed E-state index contributed by atoms with van der Waals surface area (Å²) >= 11 is 0. The monoisotopic (exact) mass is 358 g/mol. The fourth-order valence-electron chi connectivity index (χ4n) is 2.70. The molecule has 6 nitrogen and oxygen atoms in total. The summed E-state index contributed by atoms with van der Waals surface area (Å²) < 4.78 is 25.2. The summed E-state index contributed by atoms with van der Waals surface area (Å²) in [5, 5.41) is 2.75. The van der Waals surface area contributed by atoms with Crippen LogP contribution in [0, 0.1) is 12.8 Å². The predicted octanol–water partition coefficient (Wildman–Crippen LogP) is 2.56. The van der Waals surface area contributed by atoms with E-state index >= 15 is 0 Å². The van der Waals surface area contributed by atoms with Crippen LogP contribution in [0.3, 0.4) is 0 Å². The number of carbonyl (C=O) groups is 2. The van der Waals surface area contributed by atoms with Gasteiger partial charge >= 0.3 is 0 Å². The van der Waals surface area contributed by atoms with E-state index in [1.54, 1.807) is 31.2 Å². The number of hydrogen-bond acceptors (Lipinski definition) is 4. The first kappa shape index (κ1) is 17.2. The number of nitrogens with one attached hydrogen (secondary N) is 1. The highest BCUT2D eigenvalue weighted by molar-refractivity contribution is 7.94. The molecule has 25 heavy (non-hydrogen) atoms. The van der Waals surface area contributed by atoms with Crippen molar-refractivity contribution in [1.29, 1.82) is 0 Å². The smallest absolute Gasteiger partial charge is 0.255 e. The van der Waals surface area contributed by atoms with Crippen molar-refractivity contribution in [2.24, 2.45) is 5.92 Å². The molecule has 1 atom stereocenters. The number of amides is 2. The zero-order chi connectivity index (χ0) is 18.2. The third kappa shape index (κ3) is 3.41. The van der Waals surface area contributed by atoms with Crippen molar-refractivity contribution in [1.82, 2.24) is 0 Å². The maximum absolute atomic E-state index is 12.4. The Morgan fingerprint density at radius 1 is 1.16 bits per heavy atom. The maximum atomic E-state index is 12.4. The van der Waals surface area contributed by atoms with Crippen LogP contribution < -0.4 is 9.62 Å². The lowest BCUT2D eigenvalue weighted by atomic mass is 10.1. The second kappa shape index (κ2) is 6.33. The summed E-state index contributed by atoms with van der Waals surface area (Å²) in [7, 11) is -3.69. The van der Waals surface area contributed by atoms with Crippen LogP contribution in [0.4, 0.5) is 11.4 Å². The standard InChI is InChI=1S/C18H18N2O4S/c1-12-6-8-15(9-7-12)19-17(21)14-4-3-5-16(10-14)20-18(22)13(2)11-25(20,23)24/h3-10,13H,11H2,1-2H3,(H,19,21)/t13-/m0/s1. The van der Waals surface area contributed by atoms with Crippen LogP contribution in [0.15, 0.2) is 48.5 Å². The fourth-order valence-corrected chi connectivity index (χ4v) is 4.51. The van der Waals surface area contributed by atoms with Gasteiger partial charge in [-0.15, -0.1) is 0 Å². The van der Waals surface area contributed by atoms with Gasteiger partial charge in [0, 0.05) is 11.3 Å². The van der Waals surface area contributed by atoms with E-state index in [4.69, 9.17) is 0 Å². The lowest BCUT2D eigenvalue weighted by Gasteiger charge is -2.16. The summed E-state index contributed by atoms with van der Waals surface area (Å²) in [6, 6.07) is 13.4. The van der Waals surface area contributed by atoms with Gasteiger partial charge < -0.3 is 5.32 Å². The van der Waals surface area contributed by atoms with E-state index in [0.717, 1.165) is 9.87 Å². The molecule has 0 unspecified atom stereocenters. The van der Waals surface area contributed by atoms with Crippen LogP contribution in [-0.4, -0.2) is 26.0 Å². The molecule has 7 heteroatoms.